The highest BCUT2D eigenvalue weighted by Gasteiger charge is 2.20. The molecule has 1 aromatic carbocycles. The second-order valence-corrected chi connectivity index (χ2v) is 7.17. The summed E-state index contributed by atoms with van der Waals surface area (Å²) in [6.07, 6.45) is 2.41. The second-order valence-electron chi connectivity index (χ2n) is 7.17. The van der Waals surface area contributed by atoms with Gasteiger partial charge in [-0.15, -0.1) is 0 Å². The quantitative estimate of drug-likeness (QED) is 0.876. The summed E-state index contributed by atoms with van der Waals surface area (Å²) in [6.45, 7) is 12.3. The maximum absolute atomic E-state index is 11.7. The SMILES string of the molecule is Cc1ccc(CN2CCCC(CNC(=O)NC(C)C)C2)cc1C. The third kappa shape index (κ3) is 5.87. The Kier molecular flexibility index (Phi) is 6.46. The van der Waals surface area contributed by atoms with Crippen molar-refractivity contribution in [2.24, 2.45) is 5.92 Å². The van der Waals surface area contributed by atoms with E-state index < -0.39 is 0 Å². The number of likely N-dealkylation sites (tertiary alicyclic amines) is 1. The molecule has 0 spiro atoms. The lowest BCUT2D eigenvalue weighted by atomic mass is 9.97. The summed E-state index contributed by atoms with van der Waals surface area (Å²) in [5.74, 6) is 0.549. The largest absolute Gasteiger partial charge is 0.338 e. The minimum atomic E-state index is -0.0497. The van der Waals surface area contributed by atoms with Gasteiger partial charge >= 0.3 is 6.03 Å². The summed E-state index contributed by atoms with van der Waals surface area (Å²) in [6, 6.07) is 6.88. The average Bonchev–Trinajstić information content (AvgIpc) is 2.49. The molecule has 1 saturated heterocycles. The second kappa shape index (κ2) is 8.34. The summed E-state index contributed by atoms with van der Waals surface area (Å²) in [7, 11) is 0. The van der Waals surface area contributed by atoms with Crippen LogP contribution in [0.5, 0.6) is 0 Å². The standard InChI is InChI=1S/C19H31N3O/c1-14(2)21-19(23)20-11-18-6-5-9-22(13-18)12-17-8-7-15(3)16(4)10-17/h7-8,10,14,18H,5-6,9,11-13H2,1-4H3,(H2,20,21,23). The molecule has 2 rings (SSSR count). The third-order valence-corrected chi connectivity index (χ3v) is 4.55. The van der Waals surface area contributed by atoms with Gasteiger partial charge in [0.25, 0.3) is 0 Å². The van der Waals surface area contributed by atoms with Crippen LogP contribution >= 0.6 is 0 Å². The Hall–Kier alpha value is -1.55. The highest BCUT2D eigenvalue weighted by atomic mass is 16.2. The molecule has 4 nitrogen and oxygen atoms in total. The van der Waals surface area contributed by atoms with Crippen LogP contribution in [0.2, 0.25) is 0 Å². The van der Waals surface area contributed by atoms with E-state index in [-0.39, 0.29) is 12.1 Å². The number of nitrogens with one attached hydrogen (secondary N) is 2. The zero-order chi connectivity index (χ0) is 16.8. The smallest absolute Gasteiger partial charge is 0.314 e. The van der Waals surface area contributed by atoms with Crippen LogP contribution in [-0.2, 0) is 6.54 Å². The lowest BCUT2D eigenvalue weighted by Crippen LogP contribution is -2.45. The van der Waals surface area contributed by atoms with Crippen LogP contribution in [-0.4, -0.2) is 36.6 Å². The summed E-state index contributed by atoms with van der Waals surface area (Å²) in [5.41, 5.74) is 4.10. The van der Waals surface area contributed by atoms with Crippen molar-refractivity contribution in [1.29, 1.82) is 0 Å². The predicted octanol–water partition coefficient (Wildman–Crippen LogP) is 3.22. The highest BCUT2D eigenvalue weighted by molar-refractivity contribution is 5.74. The Balaban J connectivity index is 1.81. The number of benzene rings is 1. The first-order valence-corrected chi connectivity index (χ1v) is 8.77. The summed E-state index contributed by atoms with van der Waals surface area (Å²) in [4.78, 5) is 14.2. The van der Waals surface area contributed by atoms with E-state index in [9.17, 15) is 4.79 Å². The minimum Gasteiger partial charge on any atom is -0.338 e. The van der Waals surface area contributed by atoms with Gasteiger partial charge in [-0.05, 0) is 69.7 Å². The molecule has 0 bridgehead atoms. The fourth-order valence-corrected chi connectivity index (χ4v) is 3.17. The number of hydrogen-bond donors (Lipinski definition) is 2. The van der Waals surface area contributed by atoms with Crippen LogP contribution in [0.1, 0.15) is 43.4 Å². The molecule has 0 aliphatic carbocycles. The summed E-state index contributed by atoms with van der Waals surface area (Å²) in [5, 5.41) is 5.89. The Morgan fingerprint density at radius 2 is 2.09 bits per heavy atom. The van der Waals surface area contributed by atoms with Crippen molar-refractivity contribution >= 4 is 6.03 Å². The van der Waals surface area contributed by atoms with Crippen molar-refractivity contribution in [3.63, 3.8) is 0 Å². The predicted molar refractivity (Wildman–Crippen MR) is 95.6 cm³/mol. The van der Waals surface area contributed by atoms with Crippen LogP contribution in [0, 0.1) is 19.8 Å². The molecular weight excluding hydrogens is 286 g/mol. The van der Waals surface area contributed by atoms with Gasteiger partial charge in [0.05, 0.1) is 0 Å². The number of hydrogen-bond acceptors (Lipinski definition) is 2. The first-order valence-electron chi connectivity index (χ1n) is 8.77. The third-order valence-electron chi connectivity index (χ3n) is 4.55. The van der Waals surface area contributed by atoms with Crippen LogP contribution in [0.4, 0.5) is 4.79 Å². The zero-order valence-electron chi connectivity index (χ0n) is 15.0. The van der Waals surface area contributed by atoms with Crippen molar-refractivity contribution in [2.75, 3.05) is 19.6 Å². The van der Waals surface area contributed by atoms with E-state index in [1.54, 1.807) is 0 Å². The van der Waals surface area contributed by atoms with Gasteiger partial charge in [0.1, 0.15) is 0 Å². The number of urea groups is 1. The molecule has 2 amide bonds. The van der Waals surface area contributed by atoms with Gasteiger partial charge in [0.15, 0.2) is 0 Å². The first-order chi connectivity index (χ1) is 10.9. The number of aryl methyl sites for hydroxylation is 2. The maximum atomic E-state index is 11.7. The van der Waals surface area contributed by atoms with Gasteiger partial charge in [-0.25, -0.2) is 4.79 Å². The molecule has 1 unspecified atom stereocenters. The first kappa shape index (κ1) is 17.8. The van der Waals surface area contributed by atoms with Crippen LogP contribution < -0.4 is 10.6 Å². The van der Waals surface area contributed by atoms with E-state index in [1.165, 1.54) is 29.5 Å². The topological polar surface area (TPSA) is 44.4 Å². The van der Waals surface area contributed by atoms with E-state index in [1.807, 2.05) is 13.8 Å². The van der Waals surface area contributed by atoms with Gasteiger partial charge < -0.3 is 10.6 Å². The van der Waals surface area contributed by atoms with Gasteiger partial charge in [-0.3, -0.25) is 4.90 Å². The van der Waals surface area contributed by atoms with Crippen molar-refractivity contribution in [3.8, 4) is 0 Å². The molecule has 1 aliphatic rings. The van der Waals surface area contributed by atoms with Crippen molar-refractivity contribution in [2.45, 2.75) is 53.1 Å². The van der Waals surface area contributed by atoms with E-state index in [0.717, 1.165) is 26.2 Å². The van der Waals surface area contributed by atoms with Crippen molar-refractivity contribution in [3.05, 3.63) is 34.9 Å². The molecule has 2 N–H and O–H groups in total. The average molecular weight is 317 g/mol. The van der Waals surface area contributed by atoms with Crippen LogP contribution in [0.3, 0.4) is 0 Å². The van der Waals surface area contributed by atoms with Crippen molar-refractivity contribution in [1.82, 2.24) is 15.5 Å². The molecule has 0 aromatic heterocycles. The van der Waals surface area contributed by atoms with E-state index in [0.29, 0.717) is 5.92 Å². The van der Waals surface area contributed by atoms with Gasteiger partial charge in [-0.2, -0.15) is 0 Å². The molecule has 1 atom stereocenters. The van der Waals surface area contributed by atoms with E-state index in [2.05, 4.69) is 47.6 Å². The zero-order valence-corrected chi connectivity index (χ0v) is 15.0. The van der Waals surface area contributed by atoms with Crippen LogP contribution in [0.15, 0.2) is 18.2 Å². The summed E-state index contributed by atoms with van der Waals surface area (Å²) < 4.78 is 0. The number of amides is 2. The number of piperidine rings is 1. The van der Waals surface area contributed by atoms with Gasteiger partial charge in [0.2, 0.25) is 0 Å². The molecule has 0 radical (unpaired) electrons. The lowest BCUT2D eigenvalue weighted by molar-refractivity contribution is 0.165. The molecule has 1 aliphatic heterocycles. The van der Waals surface area contributed by atoms with Crippen LogP contribution in [0.25, 0.3) is 0 Å². The molecule has 4 heteroatoms. The number of nitrogens with zero attached hydrogens (tertiary/aromatic N) is 1. The monoisotopic (exact) mass is 317 g/mol. The fourth-order valence-electron chi connectivity index (χ4n) is 3.17. The Morgan fingerprint density at radius 1 is 1.30 bits per heavy atom. The maximum Gasteiger partial charge on any atom is 0.314 e. The van der Waals surface area contributed by atoms with Gasteiger partial charge in [0, 0.05) is 25.7 Å². The Labute approximate surface area is 140 Å². The molecular formula is C19H31N3O. The van der Waals surface area contributed by atoms with E-state index in [4.69, 9.17) is 0 Å². The molecule has 128 valence electrons. The van der Waals surface area contributed by atoms with Gasteiger partial charge in [-0.1, -0.05) is 18.2 Å². The fraction of sp³-hybridized carbons (Fsp3) is 0.632. The van der Waals surface area contributed by atoms with Crippen molar-refractivity contribution < 1.29 is 4.79 Å². The number of carbonyl (C=O) groups is 1. The Morgan fingerprint density at radius 3 is 2.78 bits per heavy atom. The molecule has 1 aromatic rings. The Bertz CT molecular complexity index is 527. The lowest BCUT2D eigenvalue weighted by Gasteiger charge is -2.33. The van der Waals surface area contributed by atoms with E-state index >= 15 is 0 Å². The minimum absolute atomic E-state index is 0.0497. The number of rotatable bonds is 5. The summed E-state index contributed by atoms with van der Waals surface area (Å²) >= 11 is 0. The molecule has 1 fully saturated rings. The molecule has 0 saturated carbocycles. The molecule has 1 heterocycles. The normalized spacial score (nSPS) is 18.9. The highest BCUT2D eigenvalue weighted by Crippen LogP contribution is 2.19. The number of carbonyl (C=O) groups excluding carboxylic acids is 1. The molecule has 23 heavy (non-hydrogen) atoms.